The first-order chi connectivity index (χ1) is 13.4. The molecule has 0 saturated heterocycles. The van der Waals surface area contributed by atoms with E-state index in [1.165, 1.54) is 6.07 Å². The lowest BCUT2D eigenvalue weighted by Crippen LogP contribution is -2.05. The Labute approximate surface area is 167 Å². The third-order valence-electron chi connectivity index (χ3n) is 4.31. The number of carbonyl (C=O) groups excluding carboxylic acids is 1. The number of nitrogens with one attached hydrogen (secondary N) is 1. The van der Waals surface area contributed by atoms with Crippen LogP contribution in [0.3, 0.4) is 0 Å². The van der Waals surface area contributed by atoms with Gasteiger partial charge in [0.2, 0.25) is 0 Å². The molecule has 0 aliphatic heterocycles. The average molecular weight is 400 g/mol. The van der Waals surface area contributed by atoms with Gasteiger partial charge in [-0.2, -0.15) is 0 Å². The fourth-order valence-electron chi connectivity index (χ4n) is 2.82. The Morgan fingerprint density at radius 2 is 2.00 bits per heavy atom. The van der Waals surface area contributed by atoms with Crippen molar-refractivity contribution in [2.75, 3.05) is 11.1 Å². The van der Waals surface area contributed by atoms with E-state index in [-0.39, 0.29) is 17.4 Å². The summed E-state index contributed by atoms with van der Waals surface area (Å²) < 4.78 is 13.3. The van der Waals surface area contributed by atoms with Crippen LogP contribution in [0.25, 0.3) is 11.3 Å². The largest absolute Gasteiger partial charge is 0.507 e. The summed E-state index contributed by atoms with van der Waals surface area (Å²) in [6, 6.07) is 13.0. The van der Waals surface area contributed by atoms with Crippen molar-refractivity contribution in [2.24, 2.45) is 0 Å². The second-order valence-corrected chi connectivity index (χ2v) is 6.63. The maximum absolute atomic E-state index is 13.3. The lowest BCUT2D eigenvalue weighted by Gasteiger charge is -2.13. The van der Waals surface area contributed by atoms with Crippen LogP contribution >= 0.6 is 11.6 Å². The fraction of sp³-hybridized carbons (Fsp3) is 0.143. The summed E-state index contributed by atoms with van der Waals surface area (Å²) >= 11 is 5.91. The molecule has 1 heterocycles. The predicted molar refractivity (Wildman–Crippen MR) is 110 cm³/mol. The smallest absolute Gasteiger partial charge is 0.166 e. The van der Waals surface area contributed by atoms with Gasteiger partial charge in [0.1, 0.15) is 18.2 Å². The van der Waals surface area contributed by atoms with Crippen molar-refractivity contribution in [2.45, 2.75) is 20.0 Å². The zero-order chi connectivity index (χ0) is 20.3. The van der Waals surface area contributed by atoms with Crippen LogP contribution in [0.5, 0.6) is 5.75 Å². The van der Waals surface area contributed by atoms with Crippen LogP contribution in [0.4, 0.5) is 21.6 Å². The molecule has 7 heteroatoms. The Kier molecular flexibility index (Phi) is 5.80. The topological polar surface area (TPSA) is 88.2 Å². The molecule has 144 valence electrons. The summed E-state index contributed by atoms with van der Waals surface area (Å²) in [5.74, 6) is 0.0195. The summed E-state index contributed by atoms with van der Waals surface area (Å²) in [5, 5.41) is 13.8. The number of hydrogen-bond donors (Lipinski definition) is 3. The number of aromatic nitrogens is 1. The van der Waals surface area contributed by atoms with E-state index in [0.29, 0.717) is 45.2 Å². The van der Waals surface area contributed by atoms with E-state index in [4.69, 9.17) is 17.3 Å². The molecule has 4 N–H and O–H groups in total. The number of carbonyl (C=O) groups is 1. The lowest BCUT2D eigenvalue weighted by molar-refractivity contribution is 0.0989. The van der Waals surface area contributed by atoms with Gasteiger partial charge in [0.15, 0.2) is 5.78 Å². The third-order valence-corrected chi connectivity index (χ3v) is 4.54. The number of ketones is 1. The fourth-order valence-corrected chi connectivity index (χ4v) is 3.02. The van der Waals surface area contributed by atoms with E-state index >= 15 is 0 Å². The Morgan fingerprint density at radius 1 is 1.21 bits per heavy atom. The number of anilines is 3. The van der Waals surface area contributed by atoms with E-state index in [2.05, 4.69) is 10.3 Å². The van der Waals surface area contributed by atoms with Crippen molar-refractivity contribution in [1.82, 2.24) is 4.98 Å². The Bertz CT molecular complexity index is 1040. The lowest BCUT2D eigenvalue weighted by atomic mass is 10.1. The molecule has 1 aromatic heterocycles. The van der Waals surface area contributed by atoms with Crippen molar-refractivity contribution < 1.29 is 14.3 Å². The highest BCUT2D eigenvalue weighted by Gasteiger charge is 2.13. The summed E-state index contributed by atoms with van der Waals surface area (Å²) in [6.07, 6.45) is 0.327. The summed E-state index contributed by atoms with van der Waals surface area (Å²) in [5.41, 5.74) is 8.74. The molecule has 0 bridgehead atoms. The standard InChI is InChI=1S/C21H19ClFN3O2/c1-2-19(27)15-5-7-18(26-21(15)24)16-10-14(4-8-20(16)28)25-17-6-3-13(22)9-12(17)11-23/h3-10,25,28H,2,11H2,1H3,(H2,24,26). The monoisotopic (exact) mass is 399 g/mol. The van der Waals surface area contributed by atoms with Gasteiger partial charge in [-0.25, -0.2) is 9.37 Å². The van der Waals surface area contributed by atoms with Crippen LogP contribution in [-0.2, 0) is 6.67 Å². The van der Waals surface area contributed by atoms with Crippen molar-refractivity contribution >= 4 is 34.6 Å². The first-order valence-electron chi connectivity index (χ1n) is 8.67. The number of aromatic hydroxyl groups is 1. The SMILES string of the molecule is CCC(=O)c1ccc(-c2cc(Nc3ccc(Cl)cc3CF)ccc2O)nc1N. The quantitative estimate of drug-likeness (QED) is 0.376. The Morgan fingerprint density at radius 3 is 2.68 bits per heavy atom. The van der Waals surface area contributed by atoms with E-state index in [0.717, 1.165) is 0 Å². The number of nitrogen functional groups attached to an aromatic ring is 1. The molecular weight excluding hydrogens is 381 g/mol. The number of benzene rings is 2. The molecule has 0 amide bonds. The minimum Gasteiger partial charge on any atom is -0.507 e. The molecular formula is C21H19ClFN3O2. The minimum absolute atomic E-state index is 0.00818. The van der Waals surface area contributed by atoms with Crippen LogP contribution in [0.2, 0.25) is 5.02 Å². The van der Waals surface area contributed by atoms with Crippen LogP contribution in [0.1, 0.15) is 29.3 Å². The van der Waals surface area contributed by atoms with Crippen LogP contribution < -0.4 is 11.1 Å². The molecule has 28 heavy (non-hydrogen) atoms. The maximum atomic E-state index is 13.3. The second kappa shape index (κ2) is 8.27. The van der Waals surface area contributed by atoms with E-state index in [1.807, 2.05) is 0 Å². The van der Waals surface area contributed by atoms with Crippen LogP contribution in [-0.4, -0.2) is 15.9 Å². The number of pyridine rings is 1. The molecule has 0 saturated carbocycles. The number of phenols is 1. The Balaban J connectivity index is 1.96. The zero-order valence-corrected chi connectivity index (χ0v) is 15.9. The van der Waals surface area contributed by atoms with Crippen molar-refractivity contribution in [3.05, 3.63) is 64.7 Å². The van der Waals surface area contributed by atoms with Gasteiger partial charge >= 0.3 is 0 Å². The van der Waals surface area contributed by atoms with Gasteiger partial charge in [0, 0.05) is 33.9 Å². The number of Topliss-reactive ketones (excluding diaryl/α,β-unsaturated/α-hetero) is 1. The first kappa shape index (κ1) is 19.6. The molecule has 2 aromatic carbocycles. The molecule has 0 radical (unpaired) electrons. The van der Waals surface area contributed by atoms with Gasteiger partial charge in [0.25, 0.3) is 0 Å². The van der Waals surface area contributed by atoms with E-state index in [1.54, 1.807) is 49.4 Å². The summed E-state index contributed by atoms with van der Waals surface area (Å²) in [4.78, 5) is 16.1. The highest BCUT2D eigenvalue weighted by atomic mass is 35.5. The number of halogens is 2. The number of alkyl halides is 1. The average Bonchev–Trinajstić information content (AvgIpc) is 2.70. The van der Waals surface area contributed by atoms with Gasteiger partial charge in [-0.05, 0) is 48.5 Å². The number of rotatable bonds is 6. The van der Waals surface area contributed by atoms with Gasteiger partial charge in [-0.1, -0.05) is 18.5 Å². The van der Waals surface area contributed by atoms with Crippen molar-refractivity contribution in [1.29, 1.82) is 0 Å². The molecule has 3 rings (SSSR count). The predicted octanol–water partition coefficient (Wildman–Crippen LogP) is 5.50. The van der Waals surface area contributed by atoms with Crippen LogP contribution in [0.15, 0.2) is 48.5 Å². The second-order valence-electron chi connectivity index (χ2n) is 6.20. The maximum Gasteiger partial charge on any atom is 0.166 e. The molecule has 0 unspecified atom stereocenters. The highest BCUT2D eigenvalue weighted by molar-refractivity contribution is 6.30. The third kappa shape index (κ3) is 4.07. The molecule has 3 aromatic rings. The molecule has 0 aliphatic carbocycles. The normalized spacial score (nSPS) is 10.7. The molecule has 5 nitrogen and oxygen atoms in total. The van der Waals surface area contributed by atoms with Gasteiger partial charge in [0.05, 0.1) is 11.3 Å². The summed E-state index contributed by atoms with van der Waals surface area (Å²) in [7, 11) is 0. The van der Waals surface area contributed by atoms with Crippen LogP contribution in [0, 0.1) is 0 Å². The number of nitrogens with two attached hydrogens (primary N) is 1. The van der Waals surface area contributed by atoms with Crippen molar-refractivity contribution in [3.8, 4) is 17.0 Å². The molecule has 0 aliphatic rings. The van der Waals surface area contributed by atoms with Gasteiger partial charge in [-0.15, -0.1) is 0 Å². The van der Waals surface area contributed by atoms with E-state index < -0.39 is 6.67 Å². The summed E-state index contributed by atoms with van der Waals surface area (Å²) in [6.45, 7) is 1.08. The first-order valence-corrected chi connectivity index (χ1v) is 9.05. The molecule has 0 spiro atoms. The van der Waals surface area contributed by atoms with E-state index in [9.17, 15) is 14.3 Å². The zero-order valence-electron chi connectivity index (χ0n) is 15.2. The van der Waals surface area contributed by atoms with Gasteiger partial charge in [-0.3, -0.25) is 4.79 Å². The molecule has 0 atom stereocenters. The molecule has 0 fully saturated rings. The highest BCUT2D eigenvalue weighted by Crippen LogP contribution is 2.33. The Hall–Kier alpha value is -3.12. The van der Waals surface area contributed by atoms with Crippen molar-refractivity contribution in [3.63, 3.8) is 0 Å². The number of phenolic OH excluding ortho intramolecular Hbond substituents is 1. The number of hydrogen-bond acceptors (Lipinski definition) is 5. The van der Waals surface area contributed by atoms with Gasteiger partial charge < -0.3 is 16.2 Å². The number of nitrogens with zero attached hydrogens (tertiary/aromatic N) is 1. The minimum atomic E-state index is -0.668.